The maximum absolute atomic E-state index is 15.7. The Balaban J connectivity index is 1.37. The molecule has 4 heterocycles. The van der Waals surface area contributed by atoms with Gasteiger partial charge in [0.1, 0.15) is 17.2 Å². The Morgan fingerprint density at radius 2 is 2.05 bits per heavy atom. The standard InChI is InChI=1S/C31H28FN7O3/c1-2-42-28(40)12-8-20-7-10-24-21(17-20)13-16-35-29(24)38(23-5-3-14-33-19-23)31(41)25-11-9-22(18-26(25)32)39-30-27(36-37-39)6-4-15-34-30/h4,6-13,15-18,23,33H,2-3,5,14,19H2,1H3/b12-8+/t23-/m1/s1. The molecule has 3 aromatic heterocycles. The van der Waals surface area contributed by atoms with Crippen molar-refractivity contribution < 1.29 is 18.7 Å². The van der Waals surface area contributed by atoms with E-state index in [9.17, 15) is 9.59 Å². The van der Waals surface area contributed by atoms with Gasteiger partial charge in [-0.1, -0.05) is 17.3 Å². The number of ether oxygens (including phenoxy) is 1. The third-order valence-corrected chi connectivity index (χ3v) is 7.19. The van der Waals surface area contributed by atoms with Crippen molar-refractivity contribution in [1.29, 1.82) is 0 Å². The van der Waals surface area contributed by atoms with Crippen LogP contribution >= 0.6 is 0 Å². The number of nitrogens with zero attached hydrogens (tertiary/aromatic N) is 6. The van der Waals surface area contributed by atoms with Crippen LogP contribution in [0.25, 0.3) is 33.7 Å². The molecule has 0 radical (unpaired) electrons. The van der Waals surface area contributed by atoms with Gasteiger partial charge in [-0.05, 0) is 79.7 Å². The predicted molar refractivity (Wildman–Crippen MR) is 157 cm³/mol. The third-order valence-electron chi connectivity index (χ3n) is 7.19. The summed E-state index contributed by atoms with van der Waals surface area (Å²) < 4.78 is 22.1. The largest absolute Gasteiger partial charge is 0.463 e. The number of carbonyl (C=O) groups excluding carboxylic acids is 2. The van der Waals surface area contributed by atoms with E-state index in [1.807, 2.05) is 24.3 Å². The molecule has 1 amide bonds. The summed E-state index contributed by atoms with van der Waals surface area (Å²) in [4.78, 5) is 36.4. The zero-order valence-electron chi connectivity index (χ0n) is 22.9. The maximum Gasteiger partial charge on any atom is 0.330 e. The second-order valence-corrected chi connectivity index (χ2v) is 9.89. The molecule has 1 atom stereocenters. The Hall–Kier alpha value is -5.03. The van der Waals surface area contributed by atoms with Crippen molar-refractivity contribution in [3.8, 4) is 5.69 Å². The van der Waals surface area contributed by atoms with Crippen molar-refractivity contribution in [3.63, 3.8) is 0 Å². The van der Waals surface area contributed by atoms with Gasteiger partial charge in [0.25, 0.3) is 5.91 Å². The third kappa shape index (κ3) is 5.34. The zero-order valence-corrected chi connectivity index (χ0v) is 22.9. The molecule has 42 heavy (non-hydrogen) atoms. The summed E-state index contributed by atoms with van der Waals surface area (Å²) in [6, 6.07) is 15.1. The fourth-order valence-corrected chi connectivity index (χ4v) is 5.20. The minimum atomic E-state index is -0.683. The Morgan fingerprint density at radius 3 is 2.86 bits per heavy atom. The summed E-state index contributed by atoms with van der Waals surface area (Å²) in [5, 5.41) is 13.1. The van der Waals surface area contributed by atoms with Crippen LogP contribution in [0.4, 0.5) is 10.2 Å². The highest BCUT2D eigenvalue weighted by molar-refractivity contribution is 6.10. The van der Waals surface area contributed by atoms with E-state index in [1.54, 1.807) is 48.5 Å². The molecule has 1 aliphatic heterocycles. The highest BCUT2D eigenvalue weighted by atomic mass is 19.1. The number of nitrogens with one attached hydrogen (secondary N) is 1. The maximum atomic E-state index is 15.7. The molecule has 212 valence electrons. The second kappa shape index (κ2) is 11.8. The molecule has 11 heteroatoms. The number of hydrogen-bond acceptors (Lipinski definition) is 8. The number of halogens is 1. The van der Waals surface area contributed by atoms with Crippen molar-refractivity contribution in [2.24, 2.45) is 0 Å². The van der Waals surface area contributed by atoms with Gasteiger partial charge in [-0.2, -0.15) is 4.68 Å². The highest BCUT2D eigenvalue weighted by Crippen LogP contribution is 2.31. The second-order valence-electron chi connectivity index (χ2n) is 9.89. The minimum Gasteiger partial charge on any atom is -0.463 e. The summed E-state index contributed by atoms with van der Waals surface area (Å²) in [5.74, 6) is -1.14. The Kier molecular flexibility index (Phi) is 7.65. The first-order chi connectivity index (χ1) is 20.5. The van der Waals surface area contributed by atoms with Gasteiger partial charge >= 0.3 is 5.97 Å². The van der Waals surface area contributed by atoms with Crippen LogP contribution in [0.3, 0.4) is 0 Å². The van der Waals surface area contributed by atoms with Crippen molar-refractivity contribution in [1.82, 2.24) is 30.3 Å². The average Bonchev–Trinajstić information content (AvgIpc) is 3.45. The van der Waals surface area contributed by atoms with E-state index in [0.717, 1.165) is 35.7 Å². The summed E-state index contributed by atoms with van der Waals surface area (Å²) in [7, 11) is 0. The summed E-state index contributed by atoms with van der Waals surface area (Å²) >= 11 is 0. The van der Waals surface area contributed by atoms with E-state index in [1.165, 1.54) is 22.9 Å². The van der Waals surface area contributed by atoms with Crippen molar-refractivity contribution in [2.75, 3.05) is 24.6 Å². The zero-order chi connectivity index (χ0) is 29.1. The molecular formula is C31H28FN7O3. The number of benzene rings is 2. The topological polar surface area (TPSA) is 115 Å². The Morgan fingerprint density at radius 1 is 1.14 bits per heavy atom. The minimum absolute atomic E-state index is 0.0745. The molecular weight excluding hydrogens is 537 g/mol. The lowest BCUT2D eigenvalue weighted by molar-refractivity contribution is -0.137. The van der Waals surface area contributed by atoms with E-state index in [-0.39, 0.29) is 11.6 Å². The van der Waals surface area contributed by atoms with Crippen LogP contribution in [-0.2, 0) is 9.53 Å². The number of piperidine rings is 1. The molecule has 0 aliphatic carbocycles. The summed E-state index contributed by atoms with van der Waals surface area (Å²) in [6.07, 6.45) is 7.92. The monoisotopic (exact) mass is 565 g/mol. The van der Waals surface area contributed by atoms with Gasteiger partial charge in [-0.25, -0.2) is 19.2 Å². The summed E-state index contributed by atoms with van der Waals surface area (Å²) in [6.45, 7) is 3.45. The van der Waals surface area contributed by atoms with Crippen LogP contribution in [0.2, 0.25) is 0 Å². The van der Waals surface area contributed by atoms with Crippen LogP contribution in [0, 0.1) is 5.82 Å². The predicted octanol–water partition coefficient (Wildman–Crippen LogP) is 4.48. The van der Waals surface area contributed by atoms with Gasteiger partial charge in [0.2, 0.25) is 0 Å². The average molecular weight is 566 g/mol. The first-order valence-corrected chi connectivity index (χ1v) is 13.8. The van der Waals surface area contributed by atoms with Gasteiger partial charge in [0.15, 0.2) is 5.65 Å². The SMILES string of the molecule is CCOC(=O)/C=C/c1ccc2c(N(C(=O)c3ccc(-n4nnc5cccnc54)cc3F)[C@@H]3CCCNC3)nccc2c1. The van der Waals surface area contributed by atoms with Gasteiger partial charge in [-0.3, -0.25) is 9.69 Å². The van der Waals surface area contributed by atoms with E-state index in [0.29, 0.717) is 35.8 Å². The van der Waals surface area contributed by atoms with E-state index in [4.69, 9.17) is 4.74 Å². The quantitative estimate of drug-likeness (QED) is 0.227. The fourth-order valence-electron chi connectivity index (χ4n) is 5.20. The van der Waals surface area contributed by atoms with Crippen molar-refractivity contribution in [3.05, 3.63) is 90.0 Å². The Bertz CT molecular complexity index is 1810. The number of amides is 1. The number of fused-ring (bicyclic) bond motifs is 2. The van der Waals surface area contributed by atoms with Crippen LogP contribution in [0.1, 0.15) is 35.7 Å². The van der Waals surface area contributed by atoms with Crippen molar-refractivity contribution in [2.45, 2.75) is 25.8 Å². The molecule has 0 spiro atoms. The molecule has 6 rings (SSSR count). The molecule has 1 fully saturated rings. The van der Waals surface area contributed by atoms with Crippen LogP contribution in [0.5, 0.6) is 0 Å². The first kappa shape index (κ1) is 27.2. The van der Waals surface area contributed by atoms with Crippen molar-refractivity contribution >= 4 is 45.7 Å². The molecule has 0 unspecified atom stereocenters. The van der Waals surface area contributed by atoms with Gasteiger partial charge < -0.3 is 10.1 Å². The van der Waals surface area contributed by atoms with E-state index in [2.05, 4.69) is 25.6 Å². The van der Waals surface area contributed by atoms with Gasteiger partial charge in [-0.15, -0.1) is 5.10 Å². The smallest absolute Gasteiger partial charge is 0.330 e. The number of rotatable bonds is 7. The van der Waals surface area contributed by atoms with Crippen LogP contribution in [0.15, 0.2) is 73.1 Å². The van der Waals surface area contributed by atoms with E-state index >= 15 is 4.39 Å². The van der Waals surface area contributed by atoms with Crippen LogP contribution in [-0.4, -0.2) is 62.6 Å². The van der Waals surface area contributed by atoms with E-state index < -0.39 is 17.7 Å². The number of aromatic nitrogens is 5. The molecule has 0 bridgehead atoms. The van der Waals surface area contributed by atoms with Crippen LogP contribution < -0.4 is 10.2 Å². The molecule has 1 aliphatic rings. The normalized spacial score (nSPS) is 15.3. The summed E-state index contributed by atoms with van der Waals surface area (Å²) in [5.41, 5.74) is 2.19. The first-order valence-electron chi connectivity index (χ1n) is 13.8. The molecule has 2 aromatic carbocycles. The molecule has 0 saturated carbocycles. The number of anilines is 1. The fraction of sp³-hybridized carbons (Fsp3) is 0.226. The molecule has 5 aromatic rings. The molecule has 1 N–H and O–H groups in total. The number of carbonyl (C=O) groups is 2. The number of esters is 1. The number of pyridine rings is 2. The number of hydrogen-bond donors (Lipinski definition) is 1. The lowest BCUT2D eigenvalue weighted by atomic mass is 10.0. The van der Waals surface area contributed by atoms with Gasteiger partial charge in [0.05, 0.1) is 23.9 Å². The molecule has 1 saturated heterocycles. The van der Waals surface area contributed by atoms with Gasteiger partial charge in [0, 0.05) is 36.5 Å². The Labute approximate surface area is 240 Å². The lowest BCUT2D eigenvalue weighted by Crippen LogP contribution is -2.49. The lowest BCUT2D eigenvalue weighted by Gasteiger charge is -2.34. The molecule has 10 nitrogen and oxygen atoms in total. The highest BCUT2D eigenvalue weighted by Gasteiger charge is 2.31.